The third-order valence-corrected chi connectivity index (χ3v) is 3.86. The zero-order valence-electron chi connectivity index (χ0n) is 12.4. The molecule has 3 rings (SSSR count). The summed E-state index contributed by atoms with van der Waals surface area (Å²) >= 11 is 0. The molecule has 6 nitrogen and oxygen atoms in total. The van der Waals surface area contributed by atoms with Crippen LogP contribution in [0.2, 0.25) is 0 Å². The van der Waals surface area contributed by atoms with Gasteiger partial charge in [-0.25, -0.2) is 0 Å². The number of hydrogen-bond acceptors (Lipinski definition) is 4. The van der Waals surface area contributed by atoms with Gasteiger partial charge in [0, 0.05) is 39.3 Å². The van der Waals surface area contributed by atoms with E-state index in [1.54, 1.807) is 0 Å². The summed E-state index contributed by atoms with van der Waals surface area (Å²) < 4.78 is 10.8. The van der Waals surface area contributed by atoms with Crippen LogP contribution >= 0.6 is 0 Å². The van der Waals surface area contributed by atoms with E-state index in [2.05, 4.69) is 26.9 Å². The van der Waals surface area contributed by atoms with E-state index in [-0.39, 0.29) is 0 Å². The second-order valence-electron chi connectivity index (χ2n) is 5.28. The molecule has 2 aliphatic rings. The smallest absolute Gasteiger partial charge is 0.231 e. The average Bonchev–Trinajstić information content (AvgIpc) is 2.96. The molecular formula is C15H22N4O2. The summed E-state index contributed by atoms with van der Waals surface area (Å²) in [4.78, 5) is 8.84. The predicted octanol–water partition coefficient (Wildman–Crippen LogP) is 0.867. The van der Waals surface area contributed by atoms with Crippen molar-refractivity contribution in [1.29, 1.82) is 0 Å². The van der Waals surface area contributed by atoms with E-state index in [1.165, 1.54) is 5.56 Å². The highest BCUT2D eigenvalue weighted by molar-refractivity contribution is 5.78. The first kappa shape index (κ1) is 14.0. The zero-order chi connectivity index (χ0) is 14.7. The van der Waals surface area contributed by atoms with E-state index < -0.39 is 0 Å². The Bertz CT molecular complexity index is 524. The Kier molecular flexibility index (Phi) is 4.15. The first-order valence-corrected chi connectivity index (χ1v) is 7.42. The molecular weight excluding hydrogens is 268 g/mol. The molecule has 6 heteroatoms. The summed E-state index contributed by atoms with van der Waals surface area (Å²) in [6, 6.07) is 6.16. The van der Waals surface area contributed by atoms with Gasteiger partial charge in [0.2, 0.25) is 6.79 Å². The first-order valence-electron chi connectivity index (χ1n) is 7.42. The van der Waals surface area contributed by atoms with Crippen molar-refractivity contribution in [3.8, 4) is 11.5 Å². The number of nitrogens with two attached hydrogens (primary N) is 1. The number of hydrogen-bond donors (Lipinski definition) is 1. The Hall–Kier alpha value is -1.95. The Morgan fingerprint density at radius 2 is 1.95 bits per heavy atom. The molecule has 0 radical (unpaired) electrons. The van der Waals surface area contributed by atoms with Gasteiger partial charge in [0.05, 0.1) is 0 Å². The van der Waals surface area contributed by atoms with Gasteiger partial charge in [-0.2, -0.15) is 0 Å². The van der Waals surface area contributed by atoms with Crippen molar-refractivity contribution in [2.45, 2.75) is 13.5 Å². The Labute approximate surface area is 125 Å². The van der Waals surface area contributed by atoms with Crippen molar-refractivity contribution in [3.63, 3.8) is 0 Å². The minimum atomic E-state index is 0.327. The highest BCUT2D eigenvalue weighted by atomic mass is 16.7. The van der Waals surface area contributed by atoms with E-state index in [0.29, 0.717) is 12.8 Å². The lowest BCUT2D eigenvalue weighted by atomic mass is 10.1. The third kappa shape index (κ3) is 3.21. The molecule has 1 saturated heterocycles. The van der Waals surface area contributed by atoms with Crippen LogP contribution in [0.4, 0.5) is 0 Å². The second kappa shape index (κ2) is 6.22. The molecule has 1 aromatic carbocycles. The SMILES string of the molecule is CCN=C(N)N1CCN(Cc2ccc3c(c2)OCO3)CC1. The highest BCUT2D eigenvalue weighted by Gasteiger charge is 2.19. The fraction of sp³-hybridized carbons (Fsp3) is 0.533. The second-order valence-corrected chi connectivity index (χ2v) is 5.28. The number of ether oxygens (including phenoxy) is 2. The van der Waals surface area contributed by atoms with E-state index >= 15 is 0 Å². The van der Waals surface area contributed by atoms with Gasteiger partial charge in [0.1, 0.15) is 0 Å². The lowest BCUT2D eigenvalue weighted by molar-refractivity contribution is 0.172. The molecule has 0 atom stereocenters. The summed E-state index contributed by atoms with van der Waals surface area (Å²) in [6.07, 6.45) is 0. The molecule has 0 unspecified atom stereocenters. The van der Waals surface area contributed by atoms with E-state index in [4.69, 9.17) is 15.2 Å². The molecule has 0 aliphatic carbocycles. The molecule has 0 spiro atoms. The predicted molar refractivity (Wildman–Crippen MR) is 81.6 cm³/mol. The average molecular weight is 290 g/mol. The van der Waals surface area contributed by atoms with Crippen LogP contribution in [0.1, 0.15) is 12.5 Å². The molecule has 0 saturated carbocycles. The Balaban J connectivity index is 1.55. The number of benzene rings is 1. The Morgan fingerprint density at radius 1 is 1.19 bits per heavy atom. The standard InChI is InChI=1S/C15H22N4O2/c1-2-17-15(16)19-7-5-18(6-8-19)10-12-3-4-13-14(9-12)21-11-20-13/h3-4,9H,2,5-8,10-11H2,1H3,(H2,16,17). The maximum Gasteiger partial charge on any atom is 0.231 e. The van der Waals surface area contributed by atoms with Crippen LogP contribution in [0.25, 0.3) is 0 Å². The van der Waals surface area contributed by atoms with Gasteiger partial charge < -0.3 is 20.1 Å². The number of rotatable bonds is 3. The number of nitrogens with zero attached hydrogens (tertiary/aromatic N) is 3. The van der Waals surface area contributed by atoms with Gasteiger partial charge in [0.25, 0.3) is 0 Å². The lowest BCUT2D eigenvalue weighted by Crippen LogP contribution is -2.50. The van der Waals surface area contributed by atoms with Gasteiger partial charge in [-0.3, -0.25) is 9.89 Å². The third-order valence-electron chi connectivity index (χ3n) is 3.86. The first-order chi connectivity index (χ1) is 10.3. The quantitative estimate of drug-likeness (QED) is 0.661. The number of piperazine rings is 1. The fourth-order valence-electron chi connectivity index (χ4n) is 2.69. The normalized spacial score (nSPS) is 19.1. The van der Waals surface area contributed by atoms with Gasteiger partial charge >= 0.3 is 0 Å². The van der Waals surface area contributed by atoms with Gasteiger partial charge in [-0.1, -0.05) is 6.07 Å². The monoisotopic (exact) mass is 290 g/mol. The number of guanidine groups is 1. The lowest BCUT2D eigenvalue weighted by Gasteiger charge is -2.35. The molecule has 2 aliphatic heterocycles. The van der Waals surface area contributed by atoms with Crippen LogP contribution in [0.3, 0.4) is 0 Å². The summed E-state index contributed by atoms with van der Waals surface area (Å²) in [7, 11) is 0. The van der Waals surface area contributed by atoms with Crippen LogP contribution in [0, 0.1) is 0 Å². The topological polar surface area (TPSA) is 63.3 Å². The zero-order valence-corrected chi connectivity index (χ0v) is 12.4. The number of fused-ring (bicyclic) bond motifs is 1. The van der Waals surface area contributed by atoms with Crippen molar-refractivity contribution in [3.05, 3.63) is 23.8 Å². The van der Waals surface area contributed by atoms with E-state index in [9.17, 15) is 0 Å². The van der Waals surface area contributed by atoms with E-state index in [0.717, 1.165) is 50.8 Å². The fourth-order valence-corrected chi connectivity index (χ4v) is 2.69. The van der Waals surface area contributed by atoms with Crippen molar-refractivity contribution in [2.75, 3.05) is 39.5 Å². The van der Waals surface area contributed by atoms with Crippen LogP contribution < -0.4 is 15.2 Å². The van der Waals surface area contributed by atoms with E-state index in [1.807, 2.05) is 13.0 Å². The van der Waals surface area contributed by atoms with Crippen LogP contribution in [-0.2, 0) is 6.54 Å². The largest absolute Gasteiger partial charge is 0.454 e. The van der Waals surface area contributed by atoms with Gasteiger partial charge in [-0.15, -0.1) is 0 Å². The molecule has 0 aromatic heterocycles. The maximum absolute atomic E-state index is 5.95. The molecule has 114 valence electrons. The van der Waals surface area contributed by atoms with Crippen LogP contribution in [0.5, 0.6) is 11.5 Å². The number of aliphatic imine (C=N–C) groups is 1. The molecule has 0 bridgehead atoms. The van der Waals surface area contributed by atoms with Crippen LogP contribution in [-0.4, -0.2) is 55.3 Å². The van der Waals surface area contributed by atoms with Crippen molar-refractivity contribution in [1.82, 2.24) is 9.80 Å². The minimum Gasteiger partial charge on any atom is -0.454 e. The van der Waals surface area contributed by atoms with Gasteiger partial charge in [0.15, 0.2) is 17.5 Å². The van der Waals surface area contributed by atoms with Crippen molar-refractivity contribution >= 4 is 5.96 Å². The van der Waals surface area contributed by atoms with Crippen LogP contribution in [0.15, 0.2) is 23.2 Å². The van der Waals surface area contributed by atoms with Crippen molar-refractivity contribution < 1.29 is 9.47 Å². The molecule has 1 aromatic rings. The molecule has 2 N–H and O–H groups in total. The summed E-state index contributed by atoms with van der Waals surface area (Å²) in [6.45, 7) is 7.84. The van der Waals surface area contributed by atoms with Crippen molar-refractivity contribution in [2.24, 2.45) is 10.7 Å². The molecule has 1 fully saturated rings. The summed E-state index contributed by atoms with van der Waals surface area (Å²) in [5.74, 6) is 2.36. The Morgan fingerprint density at radius 3 is 2.71 bits per heavy atom. The maximum atomic E-state index is 5.95. The minimum absolute atomic E-state index is 0.327. The summed E-state index contributed by atoms with van der Waals surface area (Å²) in [5, 5.41) is 0. The van der Waals surface area contributed by atoms with Gasteiger partial charge in [-0.05, 0) is 24.6 Å². The molecule has 0 amide bonds. The molecule has 21 heavy (non-hydrogen) atoms. The highest BCUT2D eigenvalue weighted by Crippen LogP contribution is 2.32. The molecule has 2 heterocycles. The summed E-state index contributed by atoms with van der Waals surface area (Å²) in [5.41, 5.74) is 7.20.